The Morgan fingerprint density at radius 3 is 2.24 bits per heavy atom. The maximum absolute atomic E-state index is 11.4. The van der Waals surface area contributed by atoms with E-state index in [1.54, 1.807) is 12.1 Å². The molecule has 0 spiro atoms. The minimum absolute atomic E-state index is 0.00815. The number of nitrogens with zero attached hydrogens (tertiary/aromatic N) is 1. The van der Waals surface area contributed by atoms with Gasteiger partial charge in [0, 0.05) is 11.5 Å². The van der Waals surface area contributed by atoms with Crippen molar-refractivity contribution >= 4 is 10.4 Å². The van der Waals surface area contributed by atoms with E-state index in [2.05, 4.69) is 39.2 Å². The third-order valence-electron chi connectivity index (χ3n) is 6.50. The first-order chi connectivity index (χ1) is 16.0. The average molecular weight is 496 g/mol. The lowest BCUT2D eigenvalue weighted by Crippen LogP contribution is -2.21. The predicted octanol–water partition coefficient (Wildman–Crippen LogP) is 6.67. The first-order valence-electron chi connectivity index (χ1n) is 12.5. The van der Waals surface area contributed by atoms with Crippen molar-refractivity contribution in [1.82, 2.24) is 4.90 Å². The molecule has 1 aliphatic carbocycles. The van der Waals surface area contributed by atoms with E-state index < -0.39 is 10.4 Å². The maximum atomic E-state index is 11.4. The van der Waals surface area contributed by atoms with E-state index in [0.717, 1.165) is 43.2 Å². The van der Waals surface area contributed by atoms with E-state index in [-0.39, 0.29) is 23.3 Å². The molecule has 194 valence electrons. The summed E-state index contributed by atoms with van der Waals surface area (Å²) in [5.41, 5.74) is 3.31. The van der Waals surface area contributed by atoms with Crippen LogP contribution >= 0.6 is 0 Å². The lowest BCUT2D eigenvalue weighted by atomic mass is 9.73. The number of rotatable bonds is 11. The topological polar surface area (TPSA) is 87.1 Å². The SMILES string of the molecule is C=C(C)[C@@H]1CCC(C)=C[C@H]1c1c(O)cc(CCCCC)cc1OS(=O)(=O)O.CCN(CC)CC. The lowest BCUT2D eigenvalue weighted by Gasteiger charge is -2.32. The second kappa shape index (κ2) is 14.5. The minimum atomic E-state index is -4.70. The van der Waals surface area contributed by atoms with Crippen LogP contribution in [0, 0.1) is 5.92 Å². The average Bonchev–Trinajstić information content (AvgIpc) is 2.74. The largest absolute Gasteiger partial charge is 0.507 e. The highest BCUT2D eigenvalue weighted by Gasteiger charge is 2.31. The summed E-state index contributed by atoms with van der Waals surface area (Å²) in [5.74, 6) is -0.206. The van der Waals surface area contributed by atoms with Crippen LogP contribution in [0.25, 0.3) is 0 Å². The van der Waals surface area contributed by atoms with Crippen molar-refractivity contribution in [1.29, 1.82) is 0 Å². The molecule has 0 aromatic heterocycles. The molecule has 0 heterocycles. The van der Waals surface area contributed by atoms with Gasteiger partial charge in [0.2, 0.25) is 0 Å². The van der Waals surface area contributed by atoms with E-state index in [1.807, 2.05) is 19.9 Å². The third-order valence-corrected chi connectivity index (χ3v) is 6.89. The Kier molecular flexibility index (Phi) is 12.9. The van der Waals surface area contributed by atoms with Gasteiger partial charge < -0.3 is 14.2 Å². The molecule has 1 aromatic carbocycles. The van der Waals surface area contributed by atoms with Gasteiger partial charge in [0.15, 0.2) is 5.75 Å². The maximum Gasteiger partial charge on any atom is 0.446 e. The smallest absolute Gasteiger partial charge is 0.446 e. The third kappa shape index (κ3) is 9.80. The van der Waals surface area contributed by atoms with E-state index >= 15 is 0 Å². The molecule has 2 atom stereocenters. The number of phenolic OH excluding ortho intramolecular Hbond substituents is 1. The van der Waals surface area contributed by atoms with Crippen LogP contribution in [-0.2, 0) is 16.8 Å². The van der Waals surface area contributed by atoms with Crippen LogP contribution in [0.2, 0.25) is 0 Å². The fraction of sp³-hybridized carbons (Fsp3) is 0.630. The summed E-state index contributed by atoms with van der Waals surface area (Å²) >= 11 is 0. The number of phenols is 1. The minimum Gasteiger partial charge on any atom is -0.507 e. The van der Waals surface area contributed by atoms with Crippen molar-refractivity contribution in [2.24, 2.45) is 5.92 Å². The molecule has 0 amide bonds. The predicted molar refractivity (Wildman–Crippen MR) is 141 cm³/mol. The van der Waals surface area contributed by atoms with Crippen molar-refractivity contribution in [2.75, 3.05) is 19.6 Å². The van der Waals surface area contributed by atoms with Gasteiger partial charge in [0.1, 0.15) is 5.75 Å². The first kappa shape index (κ1) is 30.2. The summed E-state index contributed by atoms with van der Waals surface area (Å²) in [6.45, 7) is 20.2. The molecule has 2 rings (SSSR count). The van der Waals surface area contributed by atoms with Gasteiger partial charge in [0.25, 0.3) is 0 Å². The Balaban J connectivity index is 0.000000718. The molecule has 34 heavy (non-hydrogen) atoms. The fourth-order valence-electron chi connectivity index (χ4n) is 4.49. The van der Waals surface area contributed by atoms with Crippen LogP contribution in [0.3, 0.4) is 0 Å². The van der Waals surface area contributed by atoms with Crippen LogP contribution in [0.15, 0.2) is 35.9 Å². The Morgan fingerprint density at radius 1 is 1.15 bits per heavy atom. The Labute approximate surface area is 207 Å². The Hall–Kier alpha value is -1.83. The van der Waals surface area contributed by atoms with E-state index in [4.69, 9.17) is 4.18 Å². The fourth-order valence-corrected chi connectivity index (χ4v) is 4.85. The molecule has 1 aromatic rings. The summed E-state index contributed by atoms with van der Waals surface area (Å²) in [5, 5.41) is 10.7. The van der Waals surface area contributed by atoms with Gasteiger partial charge >= 0.3 is 10.4 Å². The first-order valence-corrected chi connectivity index (χ1v) is 13.9. The quantitative estimate of drug-likeness (QED) is 0.202. The van der Waals surface area contributed by atoms with E-state index in [9.17, 15) is 18.1 Å². The van der Waals surface area contributed by atoms with Gasteiger partial charge in [-0.15, -0.1) is 0 Å². The summed E-state index contributed by atoms with van der Waals surface area (Å²) in [4.78, 5) is 2.38. The van der Waals surface area contributed by atoms with Gasteiger partial charge in [-0.1, -0.05) is 64.3 Å². The van der Waals surface area contributed by atoms with Crippen molar-refractivity contribution in [2.45, 2.75) is 86.0 Å². The van der Waals surface area contributed by atoms with Crippen molar-refractivity contribution in [3.63, 3.8) is 0 Å². The number of benzene rings is 1. The van der Waals surface area contributed by atoms with Crippen molar-refractivity contribution in [3.8, 4) is 11.5 Å². The molecule has 6 nitrogen and oxygen atoms in total. The van der Waals surface area contributed by atoms with Gasteiger partial charge in [0.05, 0.1) is 0 Å². The summed E-state index contributed by atoms with van der Waals surface area (Å²) in [6.07, 6.45) is 7.56. The van der Waals surface area contributed by atoms with Crippen LogP contribution < -0.4 is 4.18 Å². The summed E-state index contributed by atoms with van der Waals surface area (Å²) in [7, 11) is -4.70. The van der Waals surface area contributed by atoms with Crippen LogP contribution in [0.5, 0.6) is 11.5 Å². The molecule has 1 aliphatic rings. The molecule has 0 aliphatic heterocycles. The molecular weight excluding hydrogens is 450 g/mol. The number of aromatic hydroxyl groups is 1. The molecule has 0 bridgehead atoms. The number of aryl methyl sites for hydroxylation is 1. The molecule has 7 heteroatoms. The van der Waals surface area contributed by atoms with Crippen LogP contribution in [0.4, 0.5) is 0 Å². The van der Waals surface area contributed by atoms with Gasteiger partial charge in [-0.3, -0.25) is 4.55 Å². The van der Waals surface area contributed by atoms with Crippen LogP contribution in [0.1, 0.15) is 90.7 Å². The second-order valence-electron chi connectivity index (χ2n) is 9.14. The highest BCUT2D eigenvalue weighted by Crippen LogP contribution is 2.47. The molecule has 0 unspecified atom stereocenters. The molecule has 0 saturated carbocycles. The molecule has 0 radical (unpaired) electrons. The molecular formula is C27H45NO5S. The number of allylic oxidation sites excluding steroid dienone is 3. The Morgan fingerprint density at radius 2 is 1.76 bits per heavy atom. The Bertz CT molecular complexity index is 914. The van der Waals surface area contributed by atoms with Crippen LogP contribution in [-0.4, -0.2) is 42.6 Å². The molecule has 0 saturated heterocycles. The monoisotopic (exact) mass is 495 g/mol. The summed E-state index contributed by atoms with van der Waals surface area (Å²) in [6, 6.07) is 3.29. The van der Waals surface area contributed by atoms with E-state index in [0.29, 0.717) is 12.0 Å². The van der Waals surface area contributed by atoms with Gasteiger partial charge in [-0.05, 0) is 82.8 Å². The normalized spacial score (nSPS) is 18.2. The number of hydrogen-bond donors (Lipinski definition) is 2. The number of hydrogen-bond acceptors (Lipinski definition) is 5. The van der Waals surface area contributed by atoms with Gasteiger partial charge in [-0.25, -0.2) is 0 Å². The summed E-state index contributed by atoms with van der Waals surface area (Å²) < 4.78 is 37.0. The molecule has 0 fully saturated rings. The standard InChI is InChI=1S/C21H30O5S.C6H15N/c1-5-6-7-8-16-12-19(22)21(20(13-16)26-27(23,24)25)18-11-15(4)9-10-17(18)14(2)3;1-4-7(5-2)6-3/h11-13,17-18,22H,2,5-10H2,1,3-4H3,(H,23,24,25);4-6H2,1-3H3/t17-,18+;/m0./s1. The molecule has 2 N–H and O–H groups in total. The zero-order valence-corrected chi connectivity index (χ0v) is 22.7. The van der Waals surface area contributed by atoms with Crippen molar-refractivity contribution in [3.05, 3.63) is 47.1 Å². The second-order valence-corrected chi connectivity index (χ2v) is 10.2. The zero-order valence-electron chi connectivity index (χ0n) is 21.9. The highest BCUT2D eigenvalue weighted by atomic mass is 32.3. The van der Waals surface area contributed by atoms with Gasteiger partial charge in [-0.2, -0.15) is 8.42 Å². The highest BCUT2D eigenvalue weighted by molar-refractivity contribution is 7.81. The number of unbranched alkanes of at least 4 members (excludes halogenated alkanes) is 2. The zero-order chi connectivity index (χ0) is 25.9. The van der Waals surface area contributed by atoms with E-state index in [1.165, 1.54) is 25.2 Å². The lowest BCUT2D eigenvalue weighted by molar-refractivity contribution is 0.321. The van der Waals surface area contributed by atoms with Crippen molar-refractivity contribution < 1.29 is 22.3 Å².